The third-order valence-electron chi connectivity index (χ3n) is 3.45. The summed E-state index contributed by atoms with van der Waals surface area (Å²) in [6, 6.07) is 5.31. The van der Waals surface area contributed by atoms with Crippen molar-refractivity contribution < 1.29 is 9.84 Å². The van der Waals surface area contributed by atoms with E-state index in [0.717, 1.165) is 27.8 Å². The molecule has 0 bridgehead atoms. The summed E-state index contributed by atoms with van der Waals surface area (Å²) < 4.78 is 7.89. The third kappa shape index (κ3) is 3.42. The average Bonchev–Trinajstić information content (AvgIpc) is 2.74. The first kappa shape index (κ1) is 16.3. The van der Waals surface area contributed by atoms with E-state index in [0.29, 0.717) is 17.2 Å². The lowest BCUT2D eigenvalue weighted by molar-refractivity contribution is 0.175. The van der Waals surface area contributed by atoms with Gasteiger partial charge in [-0.1, -0.05) is 24.6 Å². The van der Waals surface area contributed by atoms with E-state index in [1.54, 1.807) is 23.9 Å². The van der Waals surface area contributed by atoms with E-state index in [4.69, 9.17) is 16.3 Å². The Morgan fingerprint density at radius 3 is 2.71 bits per heavy atom. The minimum atomic E-state index is -0.648. The fourth-order valence-corrected chi connectivity index (χ4v) is 3.28. The van der Waals surface area contributed by atoms with Crippen molar-refractivity contribution in [1.29, 1.82) is 0 Å². The number of hydrogen-bond donors (Lipinski definition) is 1. The van der Waals surface area contributed by atoms with Gasteiger partial charge >= 0.3 is 0 Å². The molecule has 0 spiro atoms. The van der Waals surface area contributed by atoms with Crippen LogP contribution in [0, 0.1) is 0 Å². The van der Waals surface area contributed by atoms with Crippen molar-refractivity contribution in [1.82, 2.24) is 9.78 Å². The highest BCUT2D eigenvalue weighted by molar-refractivity contribution is 9.10. The molecular weight excluding hydrogens is 356 g/mol. The van der Waals surface area contributed by atoms with E-state index >= 15 is 0 Å². The SMILES string of the molecule is CCc1nn(C)c(CC(O)c2ccc(OC)c(Cl)c2)c1Br. The molecule has 0 aliphatic carbocycles. The first-order chi connectivity index (χ1) is 9.97. The maximum Gasteiger partial charge on any atom is 0.137 e. The van der Waals surface area contributed by atoms with Gasteiger partial charge in [0.2, 0.25) is 0 Å². The Balaban J connectivity index is 2.24. The summed E-state index contributed by atoms with van der Waals surface area (Å²) in [5.74, 6) is 0.600. The van der Waals surface area contributed by atoms with Crippen LogP contribution in [0.15, 0.2) is 22.7 Å². The van der Waals surface area contributed by atoms with Crippen molar-refractivity contribution in [3.05, 3.63) is 44.6 Å². The summed E-state index contributed by atoms with van der Waals surface area (Å²) in [6.07, 6.45) is 0.663. The summed E-state index contributed by atoms with van der Waals surface area (Å²) in [6.45, 7) is 2.05. The first-order valence-electron chi connectivity index (χ1n) is 6.69. The Morgan fingerprint density at radius 1 is 1.48 bits per heavy atom. The number of hydrogen-bond acceptors (Lipinski definition) is 3. The number of nitrogens with zero attached hydrogens (tertiary/aromatic N) is 2. The fourth-order valence-electron chi connectivity index (χ4n) is 2.23. The summed E-state index contributed by atoms with van der Waals surface area (Å²) in [7, 11) is 3.45. The van der Waals surface area contributed by atoms with Gasteiger partial charge in [-0.3, -0.25) is 4.68 Å². The van der Waals surface area contributed by atoms with Gasteiger partial charge in [0, 0.05) is 13.5 Å². The van der Waals surface area contributed by atoms with Crippen LogP contribution in [0.3, 0.4) is 0 Å². The molecular formula is C15H18BrClN2O2. The molecule has 0 saturated carbocycles. The lowest BCUT2D eigenvalue weighted by atomic mass is 10.0. The Kier molecular flexibility index (Phi) is 5.30. The molecule has 1 N–H and O–H groups in total. The van der Waals surface area contributed by atoms with Crippen molar-refractivity contribution >= 4 is 27.5 Å². The number of methoxy groups -OCH3 is 1. The average molecular weight is 374 g/mol. The van der Waals surface area contributed by atoms with Gasteiger partial charge in [0.25, 0.3) is 0 Å². The van der Waals surface area contributed by atoms with Gasteiger partial charge in [0.1, 0.15) is 5.75 Å². The van der Waals surface area contributed by atoms with Crippen molar-refractivity contribution in [2.75, 3.05) is 7.11 Å². The van der Waals surface area contributed by atoms with Crippen LogP contribution in [-0.2, 0) is 19.9 Å². The van der Waals surface area contributed by atoms with Crippen LogP contribution in [0.1, 0.15) is 30.0 Å². The van der Waals surface area contributed by atoms with Crippen molar-refractivity contribution in [3.8, 4) is 5.75 Å². The largest absolute Gasteiger partial charge is 0.495 e. The molecule has 6 heteroatoms. The summed E-state index contributed by atoms with van der Waals surface area (Å²) in [4.78, 5) is 0. The number of ether oxygens (including phenoxy) is 1. The van der Waals surface area contributed by atoms with E-state index in [2.05, 4.69) is 28.0 Å². The van der Waals surface area contributed by atoms with Crippen LogP contribution in [0.2, 0.25) is 5.02 Å². The monoisotopic (exact) mass is 372 g/mol. The Bertz CT molecular complexity index is 643. The highest BCUT2D eigenvalue weighted by Crippen LogP contribution is 2.31. The molecule has 2 rings (SSSR count). The molecule has 1 unspecified atom stereocenters. The number of rotatable bonds is 5. The van der Waals surface area contributed by atoms with E-state index in [9.17, 15) is 5.11 Å². The molecule has 114 valence electrons. The minimum Gasteiger partial charge on any atom is -0.495 e. The number of aliphatic hydroxyl groups is 1. The molecule has 21 heavy (non-hydrogen) atoms. The van der Waals surface area contributed by atoms with Crippen molar-refractivity contribution in [3.63, 3.8) is 0 Å². The molecule has 1 aromatic heterocycles. The predicted octanol–water partition coefficient (Wildman–Crippen LogP) is 3.68. The van der Waals surface area contributed by atoms with Crippen molar-refractivity contribution in [2.24, 2.45) is 7.05 Å². The zero-order chi connectivity index (χ0) is 15.6. The van der Waals surface area contributed by atoms with Crippen LogP contribution in [0.25, 0.3) is 0 Å². The minimum absolute atomic E-state index is 0.465. The van der Waals surface area contributed by atoms with E-state index < -0.39 is 6.10 Å². The van der Waals surface area contributed by atoms with Gasteiger partial charge in [0.05, 0.1) is 34.1 Å². The molecule has 1 aromatic carbocycles. The van der Waals surface area contributed by atoms with Crippen LogP contribution >= 0.6 is 27.5 Å². The maximum atomic E-state index is 10.4. The molecule has 1 heterocycles. The van der Waals surface area contributed by atoms with Crippen LogP contribution in [0.5, 0.6) is 5.75 Å². The highest BCUT2D eigenvalue weighted by atomic mass is 79.9. The fraction of sp³-hybridized carbons (Fsp3) is 0.400. The standard InChI is InChI=1S/C15H18BrClN2O2/c1-4-11-15(16)12(19(2)18-11)8-13(20)9-5-6-14(21-3)10(17)7-9/h5-7,13,20H,4,8H2,1-3H3. The van der Waals surface area contributed by atoms with E-state index in [-0.39, 0.29) is 0 Å². The topological polar surface area (TPSA) is 47.3 Å². The normalized spacial score (nSPS) is 12.5. The predicted molar refractivity (Wildman–Crippen MR) is 87.0 cm³/mol. The van der Waals surface area contributed by atoms with Crippen LogP contribution in [-0.4, -0.2) is 22.0 Å². The zero-order valence-electron chi connectivity index (χ0n) is 12.2. The Labute approximate surface area is 137 Å². The summed E-state index contributed by atoms with van der Waals surface area (Å²) in [5.41, 5.74) is 2.71. The summed E-state index contributed by atoms with van der Waals surface area (Å²) in [5, 5.41) is 15.4. The number of aromatic nitrogens is 2. The van der Waals surface area contributed by atoms with Gasteiger partial charge in [0.15, 0.2) is 0 Å². The highest BCUT2D eigenvalue weighted by Gasteiger charge is 2.18. The molecule has 0 fully saturated rings. The smallest absolute Gasteiger partial charge is 0.137 e. The molecule has 4 nitrogen and oxygen atoms in total. The number of halogens is 2. The first-order valence-corrected chi connectivity index (χ1v) is 7.86. The number of aliphatic hydroxyl groups excluding tert-OH is 1. The lowest BCUT2D eigenvalue weighted by Crippen LogP contribution is -2.07. The second-order valence-electron chi connectivity index (χ2n) is 4.80. The van der Waals surface area contributed by atoms with Gasteiger partial charge in [-0.05, 0) is 40.0 Å². The molecule has 0 saturated heterocycles. The maximum absolute atomic E-state index is 10.4. The van der Waals surface area contributed by atoms with Gasteiger partial charge in [-0.2, -0.15) is 5.10 Å². The molecule has 1 atom stereocenters. The molecule has 0 radical (unpaired) electrons. The van der Waals surface area contributed by atoms with E-state index in [1.165, 1.54) is 0 Å². The molecule has 0 amide bonds. The second-order valence-corrected chi connectivity index (χ2v) is 6.00. The van der Waals surface area contributed by atoms with E-state index in [1.807, 2.05) is 13.1 Å². The van der Waals surface area contributed by atoms with Gasteiger partial charge < -0.3 is 9.84 Å². The quantitative estimate of drug-likeness (QED) is 0.869. The molecule has 2 aromatic rings. The zero-order valence-corrected chi connectivity index (χ0v) is 14.6. The Morgan fingerprint density at radius 2 is 2.19 bits per heavy atom. The van der Waals surface area contributed by atoms with Crippen molar-refractivity contribution in [2.45, 2.75) is 25.9 Å². The Hall–Kier alpha value is -1.04. The summed E-state index contributed by atoms with van der Waals surface area (Å²) >= 11 is 9.66. The second kappa shape index (κ2) is 6.81. The van der Waals surface area contributed by atoms with Crippen LogP contribution < -0.4 is 4.74 Å². The van der Waals surface area contributed by atoms with Gasteiger partial charge in [-0.25, -0.2) is 0 Å². The van der Waals surface area contributed by atoms with Crippen LogP contribution in [0.4, 0.5) is 0 Å². The molecule has 0 aliphatic heterocycles. The lowest BCUT2D eigenvalue weighted by Gasteiger charge is -2.13. The molecule has 0 aliphatic rings. The third-order valence-corrected chi connectivity index (χ3v) is 4.66. The number of aryl methyl sites for hydroxylation is 2. The van der Waals surface area contributed by atoms with Gasteiger partial charge in [-0.15, -0.1) is 0 Å². The number of benzene rings is 1.